The van der Waals surface area contributed by atoms with Gasteiger partial charge in [-0.1, -0.05) is 6.42 Å². The third-order valence-electron chi connectivity index (χ3n) is 3.21. The second kappa shape index (κ2) is 5.27. The maximum absolute atomic E-state index is 10.9. The minimum absolute atomic E-state index is 0.0530. The molecule has 0 aromatic rings. The topological polar surface area (TPSA) is 122 Å². The molecule has 3 atom stereocenters. The Morgan fingerprint density at radius 2 is 2.06 bits per heavy atom. The number of hydrogen-bond donors (Lipinski definition) is 4. The smallest absolute Gasteiger partial charge is 0.362 e. The van der Waals surface area contributed by atoms with Crippen molar-refractivity contribution in [1.29, 1.82) is 0 Å². The molecule has 0 saturated heterocycles. The summed E-state index contributed by atoms with van der Waals surface area (Å²) in [6, 6.07) is -0.667. The third kappa shape index (κ3) is 4.22. The zero-order valence-electron chi connectivity index (χ0n) is 9.08. The molecule has 6 N–H and O–H groups in total. The summed E-state index contributed by atoms with van der Waals surface area (Å²) in [5.41, 5.74) is 3.60. The van der Waals surface area contributed by atoms with Gasteiger partial charge in [0.2, 0.25) is 0 Å². The summed E-state index contributed by atoms with van der Waals surface area (Å²) < 4.78 is 10.9. The SMILES string of the molecule is [NH3+][C@@H](C(=O)O)[C@H]1CCCC(CP(=O)(O)O)C1. The van der Waals surface area contributed by atoms with Crippen LogP contribution in [-0.2, 0) is 9.36 Å². The molecule has 1 fully saturated rings. The minimum Gasteiger partial charge on any atom is -0.477 e. The molecule has 1 unspecified atom stereocenters. The van der Waals surface area contributed by atoms with E-state index in [9.17, 15) is 9.36 Å². The van der Waals surface area contributed by atoms with E-state index in [-0.39, 0.29) is 18.0 Å². The molecule has 16 heavy (non-hydrogen) atoms. The van der Waals surface area contributed by atoms with E-state index in [1.54, 1.807) is 0 Å². The average Bonchev–Trinajstić information content (AvgIpc) is 2.14. The van der Waals surface area contributed by atoms with E-state index in [0.717, 1.165) is 19.3 Å². The molecule has 6 nitrogen and oxygen atoms in total. The maximum Gasteiger partial charge on any atom is 0.362 e. The van der Waals surface area contributed by atoms with Gasteiger partial charge in [-0.15, -0.1) is 0 Å². The van der Waals surface area contributed by atoms with Crippen LogP contribution < -0.4 is 5.73 Å². The van der Waals surface area contributed by atoms with Crippen molar-refractivity contribution < 1.29 is 30.0 Å². The van der Waals surface area contributed by atoms with E-state index >= 15 is 0 Å². The number of carboxylic acid groups (broad SMARTS) is 1. The second-order valence-electron chi connectivity index (χ2n) is 4.58. The first kappa shape index (κ1) is 13.6. The van der Waals surface area contributed by atoms with Crippen LogP contribution in [0.2, 0.25) is 0 Å². The molecular formula is C9H19NO5P+. The fraction of sp³-hybridized carbons (Fsp3) is 0.889. The van der Waals surface area contributed by atoms with Crippen molar-refractivity contribution in [2.24, 2.45) is 11.8 Å². The van der Waals surface area contributed by atoms with Gasteiger partial charge in [0.25, 0.3) is 0 Å². The molecule has 1 aliphatic carbocycles. The number of carbonyl (C=O) groups is 1. The lowest BCUT2D eigenvalue weighted by molar-refractivity contribution is -0.422. The fourth-order valence-corrected chi connectivity index (χ4v) is 3.41. The van der Waals surface area contributed by atoms with Crippen LogP contribution in [-0.4, -0.2) is 33.1 Å². The molecule has 0 aromatic carbocycles. The van der Waals surface area contributed by atoms with E-state index in [1.807, 2.05) is 0 Å². The third-order valence-corrected chi connectivity index (χ3v) is 4.20. The maximum atomic E-state index is 10.9. The summed E-state index contributed by atoms with van der Waals surface area (Å²) in [6.45, 7) is 0. The average molecular weight is 252 g/mol. The Bertz CT molecular complexity index is 302. The molecule has 0 heterocycles. The lowest BCUT2D eigenvalue weighted by Gasteiger charge is -2.29. The van der Waals surface area contributed by atoms with Crippen LogP contribution in [0.25, 0.3) is 0 Å². The Balaban J connectivity index is 2.53. The summed E-state index contributed by atoms with van der Waals surface area (Å²) >= 11 is 0. The fourth-order valence-electron chi connectivity index (χ4n) is 2.40. The van der Waals surface area contributed by atoms with Crippen LogP contribution in [0, 0.1) is 11.8 Å². The Labute approximate surface area is 94.0 Å². The highest BCUT2D eigenvalue weighted by atomic mass is 31.2. The van der Waals surface area contributed by atoms with Crippen molar-refractivity contribution in [2.45, 2.75) is 31.7 Å². The van der Waals surface area contributed by atoms with E-state index in [1.165, 1.54) is 0 Å². The van der Waals surface area contributed by atoms with Crippen molar-refractivity contribution in [1.82, 2.24) is 0 Å². The predicted octanol–water partition coefficient (Wildman–Crippen LogP) is -0.334. The summed E-state index contributed by atoms with van der Waals surface area (Å²) in [4.78, 5) is 28.5. The van der Waals surface area contributed by atoms with Crippen LogP contribution in [0.3, 0.4) is 0 Å². The standard InChI is InChI=1S/C9H18NO5P/c10-8(9(11)12)7-3-1-2-6(4-7)5-16(13,14)15/h6-8H,1-5,10H2,(H,11,12)(H2,13,14,15)/p+1/t6?,7-,8+/m0/s1. The summed E-state index contributed by atoms with van der Waals surface area (Å²) in [5.74, 6) is -1.05. The Morgan fingerprint density at radius 1 is 1.44 bits per heavy atom. The van der Waals surface area contributed by atoms with Gasteiger partial charge >= 0.3 is 13.6 Å². The second-order valence-corrected chi connectivity index (χ2v) is 6.28. The van der Waals surface area contributed by atoms with Gasteiger partial charge in [0.15, 0.2) is 6.04 Å². The molecule has 94 valence electrons. The van der Waals surface area contributed by atoms with Crippen molar-refractivity contribution in [3.8, 4) is 0 Å². The van der Waals surface area contributed by atoms with Crippen molar-refractivity contribution in [2.75, 3.05) is 6.16 Å². The normalized spacial score (nSPS) is 28.7. The van der Waals surface area contributed by atoms with Crippen molar-refractivity contribution >= 4 is 13.6 Å². The predicted molar refractivity (Wildman–Crippen MR) is 56.7 cm³/mol. The highest BCUT2D eigenvalue weighted by Gasteiger charge is 2.34. The van der Waals surface area contributed by atoms with Gasteiger partial charge in [0.1, 0.15) is 0 Å². The zero-order chi connectivity index (χ0) is 12.3. The van der Waals surface area contributed by atoms with E-state index < -0.39 is 19.6 Å². The molecule has 0 spiro atoms. The van der Waals surface area contributed by atoms with E-state index in [2.05, 4.69) is 5.73 Å². The van der Waals surface area contributed by atoms with Crippen LogP contribution in [0.5, 0.6) is 0 Å². The molecule has 0 bridgehead atoms. The summed E-state index contributed by atoms with van der Waals surface area (Å²) in [6.07, 6.45) is 2.82. The molecule has 1 aliphatic rings. The molecule has 0 amide bonds. The lowest BCUT2D eigenvalue weighted by Crippen LogP contribution is -2.68. The van der Waals surface area contributed by atoms with Crippen molar-refractivity contribution in [3.05, 3.63) is 0 Å². The van der Waals surface area contributed by atoms with Crippen LogP contribution in [0.4, 0.5) is 0 Å². The van der Waals surface area contributed by atoms with Gasteiger partial charge in [-0.3, -0.25) is 4.57 Å². The van der Waals surface area contributed by atoms with Gasteiger partial charge < -0.3 is 20.6 Å². The number of hydrogen-bond acceptors (Lipinski definition) is 2. The van der Waals surface area contributed by atoms with Gasteiger partial charge in [-0.2, -0.15) is 0 Å². The van der Waals surface area contributed by atoms with Crippen LogP contribution in [0.1, 0.15) is 25.7 Å². The van der Waals surface area contributed by atoms with Crippen LogP contribution >= 0.6 is 7.60 Å². The van der Waals surface area contributed by atoms with E-state index in [0.29, 0.717) is 6.42 Å². The highest BCUT2D eigenvalue weighted by Crippen LogP contribution is 2.42. The number of carboxylic acids is 1. The first-order valence-electron chi connectivity index (χ1n) is 5.40. The quantitative estimate of drug-likeness (QED) is 0.510. The van der Waals surface area contributed by atoms with E-state index in [4.69, 9.17) is 14.9 Å². The monoisotopic (exact) mass is 252 g/mol. The zero-order valence-corrected chi connectivity index (χ0v) is 9.97. The van der Waals surface area contributed by atoms with Gasteiger partial charge in [-0.05, 0) is 25.2 Å². The van der Waals surface area contributed by atoms with Gasteiger partial charge in [-0.25, -0.2) is 4.79 Å². The Kier molecular flexibility index (Phi) is 4.50. The molecule has 7 heteroatoms. The first-order valence-corrected chi connectivity index (χ1v) is 7.20. The molecule has 1 rings (SSSR count). The largest absolute Gasteiger partial charge is 0.477 e. The Morgan fingerprint density at radius 3 is 2.56 bits per heavy atom. The molecule has 0 aromatic heterocycles. The van der Waals surface area contributed by atoms with Gasteiger partial charge in [0, 0.05) is 5.92 Å². The summed E-state index contributed by atoms with van der Waals surface area (Å²) in [5, 5.41) is 8.84. The van der Waals surface area contributed by atoms with Gasteiger partial charge in [0.05, 0.1) is 6.16 Å². The lowest BCUT2D eigenvalue weighted by atomic mass is 9.79. The number of aliphatic carboxylic acids is 1. The molecular weight excluding hydrogens is 233 g/mol. The molecule has 0 aliphatic heterocycles. The summed E-state index contributed by atoms with van der Waals surface area (Å²) in [7, 11) is -3.98. The molecule has 0 radical (unpaired) electrons. The first-order chi connectivity index (χ1) is 7.29. The van der Waals surface area contributed by atoms with Crippen molar-refractivity contribution in [3.63, 3.8) is 0 Å². The van der Waals surface area contributed by atoms with Crippen LogP contribution in [0.15, 0.2) is 0 Å². The number of rotatable bonds is 4. The number of quaternary nitrogens is 1. The highest BCUT2D eigenvalue weighted by molar-refractivity contribution is 7.51. The minimum atomic E-state index is -3.98. The Hall–Kier alpha value is -0.420. The molecule has 1 saturated carbocycles.